The summed E-state index contributed by atoms with van der Waals surface area (Å²) in [7, 11) is 0. The molecule has 2 N–H and O–H groups in total. The minimum Gasteiger partial charge on any atom is -0.390 e. The smallest absolute Gasteiger partial charge is 0.0830 e. The predicted molar refractivity (Wildman–Crippen MR) is 40.8 cm³/mol. The Hall–Kier alpha value is -0.760. The highest BCUT2D eigenvalue weighted by molar-refractivity contribution is 5.19. The first-order valence-electron chi connectivity index (χ1n) is 3.52. The Balaban J connectivity index is 2.78. The summed E-state index contributed by atoms with van der Waals surface area (Å²) in [5.41, 5.74) is 2.15. The number of aromatic amines is 1. The third-order valence-electron chi connectivity index (χ3n) is 1.60. The molecule has 0 bridgehead atoms. The summed E-state index contributed by atoms with van der Waals surface area (Å²) in [5, 5.41) is 8.70. The lowest BCUT2D eigenvalue weighted by Gasteiger charge is -1.96. The maximum Gasteiger partial charge on any atom is 0.0830 e. The Kier molecular flexibility index (Phi) is 2.12. The van der Waals surface area contributed by atoms with Crippen molar-refractivity contribution in [3.8, 4) is 0 Å². The van der Waals surface area contributed by atoms with Gasteiger partial charge in [-0.3, -0.25) is 0 Å². The fraction of sp³-hybridized carbons (Fsp3) is 0.500. The molecule has 0 unspecified atom stereocenters. The van der Waals surface area contributed by atoms with E-state index in [1.165, 1.54) is 5.56 Å². The van der Waals surface area contributed by atoms with Crippen molar-refractivity contribution >= 4 is 0 Å². The molecule has 0 aliphatic carbocycles. The molecular weight excluding hydrogens is 126 g/mol. The zero-order valence-electron chi connectivity index (χ0n) is 6.39. The zero-order chi connectivity index (χ0) is 7.56. The molecule has 2 heteroatoms. The van der Waals surface area contributed by atoms with Gasteiger partial charge in [-0.05, 0) is 17.5 Å². The SMILES string of the molecule is CC(C)c1c[nH]c(CO)c1. The van der Waals surface area contributed by atoms with Crippen LogP contribution in [0.5, 0.6) is 0 Å². The number of hydrogen-bond acceptors (Lipinski definition) is 1. The van der Waals surface area contributed by atoms with E-state index in [-0.39, 0.29) is 6.61 Å². The van der Waals surface area contributed by atoms with Crippen molar-refractivity contribution in [3.05, 3.63) is 23.5 Å². The van der Waals surface area contributed by atoms with Crippen LogP contribution in [-0.4, -0.2) is 10.1 Å². The Labute approximate surface area is 60.9 Å². The molecular formula is C8H13NO. The molecule has 56 valence electrons. The molecule has 0 atom stereocenters. The lowest BCUT2D eigenvalue weighted by molar-refractivity contribution is 0.277. The van der Waals surface area contributed by atoms with Crippen LogP contribution in [0, 0.1) is 0 Å². The molecule has 0 fully saturated rings. The van der Waals surface area contributed by atoms with Crippen LogP contribution < -0.4 is 0 Å². The molecule has 1 rings (SSSR count). The van der Waals surface area contributed by atoms with Crippen LogP contribution >= 0.6 is 0 Å². The van der Waals surface area contributed by atoms with Gasteiger partial charge >= 0.3 is 0 Å². The molecule has 10 heavy (non-hydrogen) atoms. The van der Waals surface area contributed by atoms with E-state index in [1.807, 2.05) is 12.3 Å². The number of nitrogens with one attached hydrogen (secondary N) is 1. The largest absolute Gasteiger partial charge is 0.390 e. The van der Waals surface area contributed by atoms with Gasteiger partial charge in [-0.1, -0.05) is 13.8 Å². The van der Waals surface area contributed by atoms with E-state index in [0.717, 1.165) is 5.69 Å². The van der Waals surface area contributed by atoms with Gasteiger partial charge in [-0.25, -0.2) is 0 Å². The summed E-state index contributed by atoms with van der Waals surface area (Å²) in [6.45, 7) is 4.36. The van der Waals surface area contributed by atoms with Gasteiger partial charge in [0.25, 0.3) is 0 Å². The minimum absolute atomic E-state index is 0.104. The van der Waals surface area contributed by atoms with Crippen molar-refractivity contribution in [3.63, 3.8) is 0 Å². The van der Waals surface area contributed by atoms with Crippen molar-refractivity contribution in [1.82, 2.24) is 4.98 Å². The first kappa shape index (κ1) is 7.35. The fourth-order valence-corrected chi connectivity index (χ4v) is 0.885. The van der Waals surface area contributed by atoms with E-state index >= 15 is 0 Å². The van der Waals surface area contributed by atoms with Gasteiger partial charge in [0, 0.05) is 11.9 Å². The molecule has 0 aliphatic heterocycles. The number of aliphatic hydroxyl groups excluding tert-OH is 1. The maximum absolute atomic E-state index is 8.70. The second kappa shape index (κ2) is 2.88. The Morgan fingerprint density at radius 1 is 1.60 bits per heavy atom. The third-order valence-corrected chi connectivity index (χ3v) is 1.60. The number of H-pyrrole nitrogens is 1. The van der Waals surface area contributed by atoms with Gasteiger partial charge < -0.3 is 10.1 Å². The zero-order valence-corrected chi connectivity index (χ0v) is 6.39. The molecule has 0 aliphatic rings. The van der Waals surface area contributed by atoms with E-state index in [1.54, 1.807) is 0 Å². The highest BCUT2D eigenvalue weighted by Gasteiger charge is 2.00. The van der Waals surface area contributed by atoms with Crippen molar-refractivity contribution < 1.29 is 5.11 Å². The summed E-state index contributed by atoms with van der Waals surface area (Å²) in [5.74, 6) is 0.538. The van der Waals surface area contributed by atoms with E-state index in [2.05, 4.69) is 18.8 Å². The summed E-state index contributed by atoms with van der Waals surface area (Å²) in [6, 6.07) is 1.99. The topological polar surface area (TPSA) is 36.0 Å². The molecule has 1 aromatic rings. The number of aromatic nitrogens is 1. The lowest BCUT2D eigenvalue weighted by atomic mass is 10.1. The van der Waals surface area contributed by atoms with Gasteiger partial charge in [0.2, 0.25) is 0 Å². The molecule has 0 saturated carbocycles. The summed E-state index contributed by atoms with van der Waals surface area (Å²) >= 11 is 0. The maximum atomic E-state index is 8.70. The second-order valence-electron chi connectivity index (χ2n) is 2.77. The van der Waals surface area contributed by atoms with Crippen molar-refractivity contribution in [1.29, 1.82) is 0 Å². The summed E-state index contributed by atoms with van der Waals surface area (Å²) in [6.07, 6.45) is 1.94. The number of hydrogen-bond donors (Lipinski definition) is 2. The molecule has 0 amide bonds. The van der Waals surface area contributed by atoms with E-state index < -0.39 is 0 Å². The van der Waals surface area contributed by atoms with Crippen LogP contribution in [-0.2, 0) is 6.61 Å². The van der Waals surface area contributed by atoms with Gasteiger partial charge in [0.15, 0.2) is 0 Å². The summed E-state index contributed by atoms with van der Waals surface area (Å²) < 4.78 is 0. The fourth-order valence-electron chi connectivity index (χ4n) is 0.885. The van der Waals surface area contributed by atoms with Crippen LogP contribution in [0.2, 0.25) is 0 Å². The minimum atomic E-state index is 0.104. The van der Waals surface area contributed by atoms with Crippen molar-refractivity contribution in [2.24, 2.45) is 0 Å². The highest BCUT2D eigenvalue weighted by atomic mass is 16.3. The average molecular weight is 139 g/mol. The van der Waals surface area contributed by atoms with Crippen LogP contribution in [0.15, 0.2) is 12.3 Å². The first-order chi connectivity index (χ1) is 4.74. The quantitative estimate of drug-likeness (QED) is 0.641. The van der Waals surface area contributed by atoms with Gasteiger partial charge in [-0.15, -0.1) is 0 Å². The Bertz CT molecular complexity index is 203. The Morgan fingerprint density at radius 2 is 2.30 bits per heavy atom. The molecule has 0 aromatic carbocycles. The molecule has 0 saturated heterocycles. The second-order valence-corrected chi connectivity index (χ2v) is 2.77. The standard InChI is InChI=1S/C8H13NO/c1-6(2)7-3-8(5-10)9-4-7/h3-4,6,9-10H,5H2,1-2H3. The molecule has 2 nitrogen and oxygen atoms in total. The average Bonchev–Trinajstić information content (AvgIpc) is 2.34. The number of rotatable bonds is 2. The van der Waals surface area contributed by atoms with Crippen LogP contribution in [0.25, 0.3) is 0 Å². The monoisotopic (exact) mass is 139 g/mol. The summed E-state index contributed by atoms with van der Waals surface area (Å²) in [4.78, 5) is 2.99. The third kappa shape index (κ3) is 1.39. The Morgan fingerprint density at radius 3 is 2.60 bits per heavy atom. The predicted octanol–water partition coefficient (Wildman–Crippen LogP) is 1.63. The molecule has 0 spiro atoms. The molecule has 1 heterocycles. The molecule has 0 radical (unpaired) electrons. The number of aliphatic hydroxyl groups is 1. The van der Waals surface area contributed by atoms with Crippen molar-refractivity contribution in [2.45, 2.75) is 26.4 Å². The van der Waals surface area contributed by atoms with Gasteiger partial charge in [0.05, 0.1) is 6.61 Å². The van der Waals surface area contributed by atoms with E-state index in [4.69, 9.17) is 5.11 Å². The van der Waals surface area contributed by atoms with Crippen LogP contribution in [0.3, 0.4) is 0 Å². The normalized spacial score (nSPS) is 10.8. The lowest BCUT2D eigenvalue weighted by Crippen LogP contribution is -1.81. The van der Waals surface area contributed by atoms with E-state index in [0.29, 0.717) is 5.92 Å². The molecule has 1 aromatic heterocycles. The van der Waals surface area contributed by atoms with E-state index in [9.17, 15) is 0 Å². The van der Waals surface area contributed by atoms with Gasteiger partial charge in [-0.2, -0.15) is 0 Å². The van der Waals surface area contributed by atoms with Gasteiger partial charge in [0.1, 0.15) is 0 Å². The van der Waals surface area contributed by atoms with Crippen LogP contribution in [0.1, 0.15) is 31.0 Å². The van der Waals surface area contributed by atoms with Crippen LogP contribution in [0.4, 0.5) is 0 Å². The highest BCUT2D eigenvalue weighted by Crippen LogP contribution is 2.14. The first-order valence-corrected chi connectivity index (χ1v) is 3.52. The van der Waals surface area contributed by atoms with Crippen molar-refractivity contribution in [2.75, 3.05) is 0 Å².